The molecule has 0 aliphatic rings. The van der Waals surface area contributed by atoms with Crippen molar-refractivity contribution in [1.82, 2.24) is 0 Å². The molecule has 0 aliphatic carbocycles. The average Bonchev–Trinajstić information content (AvgIpc) is 1.83. The highest BCUT2D eigenvalue weighted by atomic mass is 32.1. The minimum atomic E-state index is -0.0188. The maximum Gasteiger partial charge on any atom is 0.286 e. The zero-order valence-corrected chi connectivity index (χ0v) is 5.27. The highest BCUT2D eigenvalue weighted by molar-refractivity contribution is 7.81. The standard InChI is InChI=1S/C4H8N2OS/c5-1-4(8)2-7-3-6/h4,8H,1-2,5H2. The summed E-state index contributed by atoms with van der Waals surface area (Å²) in [5.41, 5.74) is 5.15. The second-order valence-corrected chi connectivity index (χ2v) is 2.02. The second kappa shape index (κ2) is 4.75. The van der Waals surface area contributed by atoms with Gasteiger partial charge >= 0.3 is 0 Å². The monoisotopic (exact) mass is 132 g/mol. The molecule has 0 aromatic carbocycles. The van der Waals surface area contributed by atoms with Crippen molar-refractivity contribution in [3.8, 4) is 6.26 Å². The van der Waals surface area contributed by atoms with Crippen LogP contribution >= 0.6 is 12.6 Å². The van der Waals surface area contributed by atoms with Crippen LogP contribution in [0.1, 0.15) is 0 Å². The lowest BCUT2D eigenvalue weighted by Gasteiger charge is -2.01. The molecule has 0 rings (SSSR count). The van der Waals surface area contributed by atoms with Crippen molar-refractivity contribution in [1.29, 1.82) is 5.26 Å². The van der Waals surface area contributed by atoms with Crippen molar-refractivity contribution in [2.75, 3.05) is 13.2 Å². The zero-order chi connectivity index (χ0) is 6.41. The summed E-state index contributed by atoms with van der Waals surface area (Å²) in [6.45, 7) is 0.737. The molecule has 0 aromatic rings. The molecule has 3 nitrogen and oxygen atoms in total. The van der Waals surface area contributed by atoms with Crippen LogP contribution in [0.2, 0.25) is 0 Å². The van der Waals surface area contributed by atoms with Crippen LogP contribution in [0.15, 0.2) is 0 Å². The molecule has 0 saturated carbocycles. The van der Waals surface area contributed by atoms with Gasteiger partial charge in [-0.25, -0.2) is 0 Å². The van der Waals surface area contributed by atoms with E-state index in [1.165, 1.54) is 6.26 Å². The summed E-state index contributed by atoms with van der Waals surface area (Å²) in [6.07, 6.45) is 1.53. The largest absolute Gasteiger partial charge is 0.426 e. The van der Waals surface area contributed by atoms with Crippen LogP contribution < -0.4 is 5.73 Å². The Bertz CT molecular complexity index is 90.5. The molecule has 0 radical (unpaired) electrons. The summed E-state index contributed by atoms with van der Waals surface area (Å²) in [6, 6.07) is 0. The van der Waals surface area contributed by atoms with E-state index in [2.05, 4.69) is 17.4 Å². The summed E-state index contributed by atoms with van der Waals surface area (Å²) in [7, 11) is 0. The fourth-order valence-corrected chi connectivity index (χ4v) is 0.276. The van der Waals surface area contributed by atoms with Gasteiger partial charge in [0.15, 0.2) is 0 Å². The molecule has 46 valence electrons. The Balaban J connectivity index is 3.01. The Hall–Kier alpha value is -0.400. The van der Waals surface area contributed by atoms with Crippen LogP contribution in [-0.2, 0) is 4.74 Å². The molecular formula is C4H8N2OS. The lowest BCUT2D eigenvalue weighted by Crippen LogP contribution is -2.18. The van der Waals surface area contributed by atoms with Crippen molar-refractivity contribution in [2.45, 2.75) is 5.25 Å². The zero-order valence-electron chi connectivity index (χ0n) is 4.37. The molecular weight excluding hydrogens is 124 g/mol. The Morgan fingerprint density at radius 3 is 2.88 bits per heavy atom. The van der Waals surface area contributed by atoms with Crippen molar-refractivity contribution in [2.24, 2.45) is 5.73 Å². The molecule has 4 heteroatoms. The molecule has 1 atom stereocenters. The number of nitrogens with zero attached hydrogens (tertiary/aromatic N) is 1. The van der Waals surface area contributed by atoms with E-state index in [4.69, 9.17) is 11.0 Å². The number of rotatable bonds is 3. The van der Waals surface area contributed by atoms with Crippen LogP contribution in [0.25, 0.3) is 0 Å². The highest BCUT2D eigenvalue weighted by Crippen LogP contribution is 1.90. The molecule has 0 heterocycles. The predicted octanol–water partition coefficient (Wildman–Crippen LogP) is -0.259. The van der Waals surface area contributed by atoms with Crippen LogP contribution in [0.4, 0.5) is 0 Å². The summed E-state index contributed by atoms with van der Waals surface area (Å²) in [4.78, 5) is 0. The Morgan fingerprint density at radius 1 is 1.88 bits per heavy atom. The van der Waals surface area contributed by atoms with Crippen molar-refractivity contribution >= 4 is 12.6 Å². The molecule has 0 aliphatic heterocycles. The molecule has 0 aromatic heterocycles. The summed E-state index contributed by atoms with van der Waals surface area (Å²) in [5, 5.41) is 7.84. The van der Waals surface area contributed by atoms with Crippen LogP contribution in [0, 0.1) is 11.5 Å². The van der Waals surface area contributed by atoms with Crippen molar-refractivity contribution in [3.05, 3.63) is 0 Å². The maximum atomic E-state index is 7.86. The molecule has 1 unspecified atom stereocenters. The molecule has 2 N–H and O–H groups in total. The van der Waals surface area contributed by atoms with Gasteiger partial charge < -0.3 is 10.5 Å². The third-order valence-corrected chi connectivity index (χ3v) is 0.972. The fourth-order valence-electron chi connectivity index (χ4n) is 0.202. The first-order valence-corrected chi connectivity index (χ1v) is 2.72. The van der Waals surface area contributed by atoms with E-state index in [1.54, 1.807) is 0 Å². The van der Waals surface area contributed by atoms with Gasteiger partial charge in [-0.3, -0.25) is 0 Å². The molecule has 0 spiro atoms. The predicted molar refractivity (Wildman–Crippen MR) is 33.4 cm³/mol. The number of hydrogen-bond acceptors (Lipinski definition) is 4. The topological polar surface area (TPSA) is 59.0 Å². The summed E-state index contributed by atoms with van der Waals surface area (Å²) < 4.78 is 4.34. The molecule has 0 amide bonds. The number of hydrogen-bond donors (Lipinski definition) is 2. The first-order chi connectivity index (χ1) is 3.81. The number of nitrogens with two attached hydrogens (primary N) is 1. The first kappa shape index (κ1) is 7.60. The van der Waals surface area contributed by atoms with E-state index in [-0.39, 0.29) is 5.25 Å². The smallest absolute Gasteiger partial charge is 0.286 e. The number of thiol groups is 1. The second-order valence-electron chi connectivity index (χ2n) is 1.29. The van der Waals surface area contributed by atoms with E-state index in [1.807, 2.05) is 0 Å². The Kier molecular flexibility index (Phi) is 4.51. The maximum absolute atomic E-state index is 7.86. The van der Waals surface area contributed by atoms with Gasteiger partial charge in [-0.2, -0.15) is 17.9 Å². The molecule has 0 saturated heterocycles. The van der Waals surface area contributed by atoms with Gasteiger partial charge in [0.25, 0.3) is 6.26 Å². The van der Waals surface area contributed by atoms with Gasteiger partial charge in [0.05, 0.1) is 0 Å². The van der Waals surface area contributed by atoms with Crippen molar-refractivity contribution in [3.63, 3.8) is 0 Å². The van der Waals surface area contributed by atoms with E-state index < -0.39 is 0 Å². The molecule has 0 bridgehead atoms. The van der Waals surface area contributed by atoms with Gasteiger partial charge in [-0.15, -0.1) is 0 Å². The summed E-state index contributed by atoms with van der Waals surface area (Å²) >= 11 is 3.96. The number of nitriles is 1. The highest BCUT2D eigenvalue weighted by Gasteiger charge is 1.97. The Morgan fingerprint density at radius 2 is 2.50 bits per heavy atom. The average molecular weight is 132 g/mol. The minimum absolute atomic E-state index is 0.0188. The van der Waals surface area contributed by atoms with Gasteiger partial charge in [0.2, 0.25) is 0 Å². The molecule has 8 heavy (non-hydrogen) atoms. The number of ether oxygens (including phenoxy) is 1. The Labute approximate surface area is 53.8 Å². The van der Waals surface area contributed by atoms with Gasteiger partial charge in [0.1, 0.15) is 6.61 Å². The van der Waals surface area contributed by atoms with E-state index in [0.29, 0.717) is 13.2 Å². The van der Waals surface area contributed by atoms with E-state index in [0.717, 1.165) is 0 Å². The quantitative estimate of drug-likeness (QED) is 0.411. The van der Waals surface area contributed by atoms with E-state index >= 15 is 0 Å². The SMILES string of the molecule is N#COCC(S)CN. The fraction of sp³-hybridized carbons (Fsp3) is 0.750. The summed E-state index contributed by atoms with van der Waals surface area (Å²) in [5.74, 6) is 0. The third-order valence-electron chi connectivity index (χ3n) is 0.612. The normalized spacial score (nSPS) is 12.1. The van der Waals surface area contributed by atoms with Gasteiger partial charge in [-0.1, -0.05) is 0 Å². The third kappa shape index (κ3) is 3.78. The van der Waals surface area contributed by atoms with Crippen LogP contribution in [0.3, 0.4) is 0 Å². The van der Waals surface area contributed by atoms with Crippen LogP contribution in [0.5, 0.6) is 0 Å². The van der Waals surface area contributed by atoms with Crippen molar-refractivity contribution < 1.29 is 4.74 Å². The lowest BCUT2D eigenvalue weighted by molar-refractivity contribution is 0.272. The minimum Gasteiger partial charge on any atom is -0.426 e. The first-order valence-electron chi connectivity index (χ1n) is 2.20. The van der Waals surface area contributed by atoms with Gasteiger partial charge in [-0.05, 0) is 0 Å². The lowest BCUT2D eigenvalue weighted by atomic mass is 10.4. The molecule has 0 fully saturated rings. The van der Waals surface area contributed by atoms with Crippen LogP contribution in [-0.4, -0.2) is 18.4 Å². The van der Waals surface area contributed by atoms with E-state index in [9.17, 15) is 0 Å². The van der Waals surface area contributed by atoms with Gasteiger partial charge in [0, 0.05) is 11.8 Å².